The molecule has 1 fully saturated rings. The normalized spacial score (nSPS) is 17.6. The van der Waals surface area contributed by atoms with Gasteiger partial charge in [-0.15, -0.1) is 0 Å². The minimum absolute atomic E-state index is 0.0993. The summed E-state index contributed by atoms with van der Waals surface area (Å²) < 4.78 is 7.05. The van der Waals surface area contributed by atoms with Crippen molar-refractivity contribution in [1.29, 1.82) is 5.26 Å². The van der Waals surface area contributed by atoms with Gasteiger partial charge in [0, 0.05) is 17.8 Å². The fraction of sp³-hybridized carbons (Fsp3) is 0.478. The number of nitriles is 1. The van der Waals surface area contributed by atoms with Crippen LogP contribution in [-0.4, -0.2) is 42.0 Å². The Bertz CT molecular complexity index is 1070. The molecule has 0 bridgehead atoms. The molecule has 0 radical (unpaired) electrons. The fourth-order valence-electron chi connectivity index (χ4n) is 4.27. The predicted molar refractivity (Wildman–Crippen MR) is 119 cm³/mol. The maximum atomic E-state index is 13.4. The summed E-state index contributed by atoms with van der Waals surface area (Å²) in [7, 11) is 1.53. The van der Waals surface area contributed by atoms with Crippen LogP contribution >= 0.6 is 0 Å². The van der Waals surface area contributed by atoms with E-state index < -0.39 is 23.9 Å². The molecule has 32 heavy (non-hydrogen) atoms. The maximum absolute atomic E-state index is 13.4. The van der Waals surface area contributed by atoms with E-state index in [1.165, 1.54) is 7.11 Å². The van der Waals surface area contributed by atoms with Crippen molar-refractivity contribution in [2.75, 3.05) is 13.7 Å². The highest BCUT2D eigenvalue weighted by molar-refractivity contribution is 6.01. The molecule has 3 amide bonds. The Morgan fingerprint density at radius 2 is 2.16 bits per heavy atom. The summed E-state index contributed by atoms with van der Waals surface area (Å²) in [6, 6.07) is 7.49. The number of nitrogens with zero attached hydrogens (tertiary/aromatic N) is 2. The molecule has 3 rings (SSSR count). The van der Waals surface area contributed by atoms with Crippen molar-refractivity contribution in [3.63, 3.8) is 0 Å². The van der Waals surface area contributed by atoms with Crippen molar-refractivity contribution in [1.82, 2.24) is 15.2 Å². The summed E-state index contributed by atoms with van der Waals surface area (Å²) >= 11 is 0. The maximum Gasteiger partial charge on any atom is 0.265 e. The molecule has 2 aromatic rings. The first-order valence-electron chi connectivity index (χ1n) is 10.7. The number of ether oxygens (including phenoxy) is 1. The van der Waals surface area contributed by atoms with Gasteiger partial charge in [0.25, 0.3) is 5.91 Å². The number of nitrogens with one attached hydrogen (secondary N) is 2. The number of fused-ring (bicyclic) bond motifs is 1. The van der Waals surface area contributed by atoms with Crippen molar-refractivity contribution in [2.45, 2.75) is 45.2 Å². The van der Waals surface area contributed by atoms with E-state index in [4.69, 9.17) is 10.5 Å². The number of carbonyl (C=O) groups is 3. The molecule has 0 aliphatic carbocycles. The van der Waals surface area contributed by atoms with Crippen LogP contribution in [0.5, 0.6) is 5.75 Å². The number of primary amides is 1. The molecule has 3 atom stereocenters. The minimum atomic E-state index is -0.820. The third-order valence-electron chi connectivity index (χ3n) is 5.78. The van der Waals surface area contributed by atoms with Gasteiger partial charge in [0.05, 0.1) is 18.7 Å². The second kappa shape index (κ2) is 9.73. The molecular weight excluding hydrogens is 410 g/mol. The fourth-order valence-corrected chi connectivity index (χ4v) is 4.27. The van der Waals surface area contributed by atoms with Gasteiger partial charge in [-0.05, 0) is 43.4 Å². The van der Waals surface area contributed by atoms with E-state index in [-0.39, 0.29) is 29.9 Å². The van der Waals surface area contributed by atoms with E-state index in [0.717, 1.165) is 0 Å². The Labute approximate surface area is 186 Å². The van der Waals surface area contributed by atoms with Crippen molar-refractivity contribution in [2.24, 2.45) is 17.6 Å². The molecule has 9 nitrogen and oxygen atoms in total. The second-order valence-electron chi connectivity index (χ2n) is 8.50. The van der Waals surface area contributed by atoms with Crippen molar-refractivity contribution in [3.05, 3.63) is 30.0 Å². The highest BCUT2D eigenvalue weighted by Crippen LogP contribution is 2.33. The lowest BCUT2D eigenvalue weighted by Gasteiger charge is -2.25. The predicted octanol–water partition coefficient (Wildman–Crippen LogP) is 1.87. The number of nitrogens with two attached hydrogens (primary N) is 1. The number of aromatic nitrogens is 1. The first kappa shape index (κ1) is 23.1. The molecule has 1 aromatic carbocycles. The van der Waals surface area contributed by atoms with Gasteiger partial charge in [-0.1, -0.05) is 19.9 Å². The van der Waals surface area contributed by atoms with E-state index in [1.807, 2.05) is 13.8 Å². The summed E-state index contributed by atoms with van der Waals surface area (Å²) in [6.45, 7) is 4.52. The van der Waals surface area contributed by atoms with Crippen LogP contribution in [0.15, 0.2) is 24.3 Å². The van der Waals surface area contributed by atoms with Crippen LogP contribution in [0.25, 0.3) is 10.9 Å². The van der Waals surface area contributed by atoms with E-state index in [9.17, 15) is 19.6 Å². The van der Waals surface area contributed by atoms with Crippen LogP contribution in [0, 0.1) is 23.2 Å². The van der Waals surface area contributed by atoms with Crippen molar-refractivity contribution >= 4 is 28.6 Å². The molecule has 170 valence electrons. The topological polar surface area (TPSA) is 139 Å². The zero-order valence-electron chi connectivity index (χ0n) is 18.6. The van der Waals surface area contributed by atoms with Crippen LogP contribution in [0.3, 0.4) is 0 Å². The van der Waals surface area contributed by atoms with Crippen molar-refractivity contribution in [3.8, 4) is 11.8 Å². The van der Waals surface area contributed by atoms with Gasteiger partial charge in [0.15, 0.2) is 0 Å². The zero-order chi connectivity index (χ0) is 23.4. The standard InChI is InChI=1S/C23H29N5O4/c1-13(2)9-19(23(31)27-15(12-24)10-14-7-8-26-22(14)30)28-17-5-4-6-20(32-3)16(17)11-18(28)21(25)29/h4-6,11,13-15,19H,7-10H2,1-3H3,(H2,25,29)(H,26,30)(H,27,31)/t14-,15-,19-/m0/s1. The van der Waals surface area contributed by atoms with E-state index >= 15 is 0 Å². The summed E-state index contributed by atoms with van der Waals surface area (Å²) in [6.07, 6.45) is 1.30. The molecule has 0 unspecified atom stereocenters. The van der Waals surface area contributed by atoms with Gasteiger partial charge in [0.1, 0.15) is 23.5 Å². The lowest BCUT2D eigenvalue weighted by atomic mass is 9.98. The average molecular weight is 440 g/mol. The first-order chi connectivity index (χ1) is 15.3. The van der Waals surface area contributed by atoms with Crippen LogP contribution in [-0.2, 0) is 9.59 Å². The minimum Gasteiger partial charge on any atom is -0.496 e. The molecule has 4 N–H and O–H groups in total. The van der Waals surface area contributed by atoms with E-state index in [2.05, 4.69) is 16.7 Å². The molecule has 0 saturated carbocycles. The average Bonchev–Trinajstić information content (AvgIpc) is 3.34. The first-order valence-corrected chi connectivity index (χ1v) is 10.7. The smallest absolute Gasteiger partial charge is 0.265 e. The lowest BCUT2D eigenvalue weighted by Crippen LogP contribution is -2.41. The molecule has 2 heterocycles. The molecule has 9 heteroatoms. The molecule has 0 spiro atoms. The van der Waals surface area contributed by atoms with Gasteiger partial charge >= 0.3 is 0 Å². The van der Waals surface area contributed by atoms with Gasteiger partial charge in [-0.25, -0.2) is 0 Å². The highest BCUT2D eigenvalue weighted by Gasteiger charge is 2.32. The molecule has 1 aliphatic heterocycles. The summed E-state index contributed by atoms with van der Waals surface area (Å²) in [5.74, 6) is -0.778. The number of amides is 3. The third kappa shape index (κ3) is 4.69. The highest BCUT2D eigenvalue weighted by atomic mass is 16.5. The van der Waals surface area contributed by atoms with Crippen molar-refractivity contribution < 1.29 is 19.1 Å². The lowest BCUT2D eigenvalue weighted by molar-refractivity contribution is -0.126. The second-order valence-corrected chi connectivity index (χ2v) is 8.50. The third-order valence-corrected chi connectivity index (χ3v) is 5.78. The van der Waals surface area contributed by atoms with Gasteiger partial charge in [-0.3, -0.25) is 14.4 Å². The van der Waals surface area contributed by atoms with Crippen LogP contribution in [0.1, 0.15) is 49.6 Å². The number of rotatable bonds is 9. The number of methoxy groups -OCH3 is 1. The van der Waals surface area contributed by atoms with Crippen LogP contribution in [0.2, 0.25) is 0 Å². The van der Waals surface area contributed by atoms with Crippen LogP contribution < -0.4 is 21.1 Å². The molecule has 1 aliphatic rings. The Balaban J connectivity index is 1.99. The molecule has 1 saturated heterocycles. The Hall–Kier alpha value is -3.54. The summed E-state index contributed by atoms with van der Waals surface area (Å²) in [5, 5.41) is 15.8. The number of hydrogen-bond donors (Lipinski definition) is 3. The zero-order valence-corrected chi connectivity index (χ0v) is 18.6. The van der Waals surface area contributed by atoms with E-state index in [1.54, 1.807) is 28.8 Å². The molecular formula is C23H29N5O4. The monoisotopic (exact) mass is 439 g/mol. The summed E-state index contributed by atoms with van der Waals surface area (Å²) in [4.78, 5) is 37.6. The SMILES string of the molecule is COc1cccc2c1cc(C(N)=O)n2[C@@H](CC(C)C)C(=O)N[C@H](C#N)C[C@@H]1CCNC1=O. The Kier molecular flexibility index (Phi) is 7.03. The Morgan fingerprint density at radius 3 is 2.72 bits per heavy atom. The van der Waals surface area contributed by atoms with Gasteiger partial charge in [-0.2, -0.15) is 5.26 Å². The van der Waals surface area contributed by atoms with Crippen LogP contribution in [0.4, 0.5) is 0 Å². The van der Waals surface area contributed by atoms with Gasteiger partial charge < -0.3 is 25.7 Å². The number of hydrogen-bond acceptors (Lipinski definition) is 5. The van der Waals surface area contributed by atoms with Gasteiger partial charge in [0.2, 0.25) is 11.8 Å². The largest absolute Gasteiger partial charge is 0.496 e. The summed E-state index contributed by atoms with van der Waals surface area (Å²) in [5.41, 5.74) is 6.49. The number of benzene rings is 1. The van der Waals surface area contributed by atoms with E-state index in [0.29, 0.717) is 36.0 Å². The molecule has 1 aromatic heterocycles. The quantitative estimate of drug-likeness (QED) is 0.547. The number of carbonyl (C=O) groups excluding carboxylic acids is 3. The Morgan fingerprint density at radius 1 is 1.41 bits per heavy atom.